The molecule has 9 nitrogen and oxygen atoms in total. The van der Waals surface area contributed by atoms with E-state index in [2.05, 4.69) is 15.0 Å². The first-order valence-electron chi connectivity index (χ1n) is 5.91. The van der Waals surface area contributed by atoms with Gasteiger partial charge in [-0.05, 0) is 0 Å². The summed E-state index contributed by atoms with van der Waals surface area (Å²) in [6.45, 7) is -0.175. The Hall–Kier alpha value is -1.55. The van der Waals surface area contributed by atoms with E-state index in [0.717, 1.165) is 0 Å². The van der Waals surface area contributed by atoms with Crippen LogP contribution in [-0.4, -0.2) is 82.1 Å². The van der Waals surface area contributed by atoms with Crippen molar-refractivity contribution < 1.29 is 20.1 Å². The minimum absolute atomic E-state index is 0.201. The van der Waals surface area contributed by atoms with Crippen molar-refractivity contribution in [3.05, 3.63) is 0 Å². The largest absolute Gasteiger partial charge is 0.394 e. The first-order valence-corrected chi connectivity index (χ1v) is 5.91. The maximum absolute atomic E-state index is 9.97. The molecule has 0 bridgehead atoms. The third-order valence-electron chi connectivity index (χ3n) is 3.41. The van der Waals surface area contributed by atoms with Crippen LogP contribution >= 0.6 is 0 Å². The van der Waals surface area contributed by atoms with E-state index in [1.165, 1.54) is 11.2 Å². The number of ether oxygens (including phenoxy) is 1. The molecule has 0 aliphatic carbocycles. The highest BCUT2D eigenvalue weighted by Gasteiger charge is 2.48. The number of aliphatic imine (C=N–C) groups is 3. The molecule has 3 aliphatic rings. The lowest BCUT2D eigenvalue weighted by Gasteiger charge is -2.27. The molecule has 3 rings (SSSR count). The van der Waals surface area contributed by atoms with E-state index in [9.17, 15) is 10.2 Å². The van der Waals surface area contributed by atoms with Crippen LogP contribution in [0.5, 0.6) is 0 Å². The van der Waals surface area contributed by atoms with Crippen LogP contribution in [0.3, 0.4) is 0 Å². The number of hydrogen-bond acceptors (Lipinski definition) is 9. The molecule has 0 aromatic rings. The Bertz CT molecular complexity index is 465. The Morgan fingerprint density at radius 2 is 2.16 bits per heavy atom. The molecule has 1 unspecified atom stereocenters. The fourth-order valence-electron chi connectivity index (χ4n) is 2.36. The van der Waals surface area contributed by atoms with Gasteiger partial charge in [0.2, 0.25) is 0 Å². The predicted molar refractivity (Wildman–Crippen MR) is 65.8 cm³/mol. The number of aliphatic hydroxyl groups is 3. The molecule has 9 heteroatoms. The zero-order valence-corrected chi connectivity index (χ0v) is 9.99. The minimum atomic E-state index is -1.16. The summed E-state index contributed by atoms with van der Waals surface area (Å²) in [5, 5.41) is 28.8. The van der Waals surface area contributed by atoms with Crippen LogP contribution in [0.1, 0.15) is 0 Å². The van der Waals surface area contributed by atoms with Gasteiger partial charge in [-0.2, -0.15) is 0 Å². The van der Waals surface area contributed by atoms with Gasteiger partial charge in [0.1, 0.15) is 36.7 Å². The van der Waals surface area contributed by atoms with Gasteiger partial charge in [0.25, 0.3) is 0 Å². The molecule has 104 valence electrons. The predicted octanol–water partition coefficient (Wildman–Crippen LogP) is -3.14. The van der Waals surface area contributed by atoms with E-state index in [1.807, 2.05) is 0 Å². The second-order valence-corrected chi connectivity index (χ2v) is 4.54. The quantitative estimate of drug-likeness (QED) is 0.418. The Morgan fingerprint density at radius 3 is 2.84 bits per heavy atom. The zero-order chi connectivity index (χ0) is 13.6. The summed E-state index contributed by atoms with van der Waals surface area (Å²) in [6.07, 6.45) is -2.53. The average Bonchev–Trinajstić information content (AvgIpc) is 2.94. The van der Waals surface area contributed by atoms with Gasteiger partial charge in [-0.25, -0.2) is 9.98 Å². The molecule has 1 saturated heterocycles. The maximum atomic E-state index is 9.97. The van der Waals surface area contributed by atoms with Crippen molar-refractivity contribution in [2.24, 2.45) is 20.7 Å². The molecule has 0 amide bonds. The van der Waals surface area contributed by atoms with Crippen LogP contribution in [0.2, 0.25) is 0 Å². The lowest BCUT2D eigenvalue weighted by atomic mass is 10.1. The highest BCUT2D eigenvalue weighted by Crippen LogP contribution is 2.26. The molecule has 0 radical (unpaired) electrons. The van der Waals surface area contributed by atoms with Gasteiger partial charge in [-0.15, -0.1) is 0 Å². The van der Waals surface area contributed by atoms with Gasteiger partial charge < -0.3 is 25.8 Å². The van der Waals surface area contributed by atoms with Gasteiger partial charge >= 0.3 is 0 Å². The molecule has 5 atom stereocenters. The highest BCUT2D eigenvalue weighted by molar-refractivity contribution is 6.16. The van der Waals surface area contributed by atoms with E-state index in [4.69, 9.17) is 15.6 Å². The molecule has 0 aromatic heterocycles. The smallest absolute Gasteiger partial charge is 0.166 e. The Balaban J connectivity index is 1.81. The molecule has 0 saturated carbocycles. The molecule has 0 spiro atoms. The van der Waals surface area contributed by atoms with Crippen molar-refractivity contribution in [2.75, 3.05) is 13.3 Å². The first kappa shape index (κ1) is 12.5. The number of nitrogens with zero attached hydrogens (tertiary/aromatic N) is 4. The molecule has 0 aromatic carbocycles. The Kier molecular flexibility index (Phi) is 2.97. The summed E-state index contributed by atoms with van der Waals surface area (Å²) < 4.78 is 5.43. The van der Waals surface area contributed by atoms with E-state index < -0.39 is 30.6 Å². The molecule has 3 aliphatic heterocycles. The third kappa shape index (κ3) is 1.82. The highest BCUT2D eigenvalue weighted by atomic mass is 16.6. The summed E-state index contributed by atoms with van der Waals surface area (Å²) >= 11 is 0. The Morgan fingerprint density at radius 1 is 1.37 bits per heavy atom. The second kappa shape index (κ2) is 4.53. The number of nitrogens with two attached hydrogens (primary N) is 1. The van der Waals surface area contributed by atoms with Gasteiger partial charge in [-0.3, -0.25) is 9.89 Å². The van der Waals surface area contributed by atoms with Crippen LogP contribution in [0.15, 0.2) is 15.0 Å². The van der Waals surface area contributed by atoms with Gasteiger partial charge in [0.05, 0.1) is 12.9 Å². The summed E-state index contributed by atoms with van der Waals surface area (Å²) in [5.74, 6) is 0.887. The van der Waals surface area contributed by atoms with Crippen LogP contribution in [0.4, 0.5) is 0 Å². The summed E-state index contributed by atoms with van der Waals surface area (Å²) in [5.41, 5.74) is 5.73. The Labute approximate surface area is 108 Å². The molecular weight excluding hydrogens is 254 g/mol. The van der Waals surface area contributed by atoms with Crippen molar-refractivity contribution in [3.63, 3.8) is 0 Å². The van der Waals surface area contributed by atoms with Crippen LogP contribution < -0.4 is 5.73 Å². The zero-order valence-electron chi connectivity index (χ0n) is 9.99. The lowest BCUT2D eigenvalue weighted by molar-refractivity contribution is -0.0510. The molecule has 5 N–H and O–H groups in total. The number of fused-ring (bicyclic) bond motifs is 1. The standard InChI is InChI=1S/C10H15N5O4/c11-8-5-9(13-2-12-8)15(3-14-5)10-7(18)6(17)4(1-16)19-10/h3-7,10,16-18H,1-2H2,(H2,11,12)/t4-,5?,6-,7-,10-/m1/s1. The van der Waals surface area contributed by atoms with Crippen LogP contribution in [0, 0.1) is 0 Å². The maximum Gasteiger partial charge on any atom is 0.166 e. The molecule has 1 fully saturated rings. The molecule has 3 heterocycles. The van der Waals surface area contributed by atoms with Crippen molar-refractivity contribution in [1.82, 2.24) is 4.90 Å². The average molecular weight is 269 g/mol. The van der Waals surface area contributed by atoms with E-state index in [0.29, 0.717) is 11.7 Å². The second-order valence-electron chi connectivity index (χ2n) is 4.54. The molecule has 19 heavy (non-hydrogen) atoms. The van der Waals surface area contributed by atoms with Gasteiger partial charge in [-0.1, -0.05) is 0 Å². The number of rotatable bonds is 2. The minimum Gasteiger partial charge on any atom is -0.394 e. The number of amidine groups is 2. The van der Waals surface area contributed by atoms with E-state index in [1.54, 1.807) is 0 Å². The van der Waals surface area contributed by atoms with Crippen molar-refractivity contribution in [2.45, 2.75) is 30.6 Å². The summed E-state index contributed by atoms with van der Waals surface area (Å²) in [6, 6.07) is -0.463. The topological polar surface area (TPSA) is 136 Å². The van der Waals surface area contributed by atoms with Crippen LogP contribution in [-0.2, 0) is 4.74 Å². The van der Waals surface area contributed by atoms with Gasteiger partial charge in [0.15, 0.2) is 12.3 Å². The SMILES string of the molecule is NC1=NCN=C2C1N=CN2[C@@H]1O[C@H](CO)[C@@H](O)[C@H]1O. The van der Waals surface area contributed by atoms with E-state index in [-0.39, 0.29) is 13.3 Å². The van der Waals surface area contributed by atoms with Crippen molar-refractivity contribution in [3.8, 4) is 0 Å². The van der Waals surface area contributed by atoms with Crippen molar-refractivity contribution >= 4 is 18.0 Å². The monoisotopic (exact) mass is 269 g/mol. The fourth-order valence-corrected chi connectivity index (χ4v) is 2.36. The van der Waals surface area contributed by atoms with Gasteiger partial charge in [0, 0.05) is 0 Å². The third-order valence-corrected chi connectivity index (χ3v) is 3.41. The number of hydrogen-bond donors (Lipinski definition) is 4. The van der Waals surface area contributed by atoms with Crippen molar-refractivity contribution in [1.29, 1.82) is 0 Å². The number of aliphatic hydroxyl groups excluding tert-OH is 3. The lowest BCUT2D eigenvalue weighted by Crippen LogP contribution is -2.49. The van der Waals surface area contributed by atoms with E-state index >= 15 is 0 Å². The normalized spacial score (nSPS) is 41.2. The molecular formula is C10H15N5O4. The van der Waals surface area contributed by atoms with Crippen LogP contribution in [0.25, 0.3) is 0 Å². The first-order chi connectivity index (χ1) is 9.13. The fraction of sp³-hybridized carbons (Fsp3) is 0.700. The summed E-state index contributed by atoms with van der Waals surface area (Å²) in [4.78, 5) is 13.8. The summed E-state index contributed by atoms with van der Waals surface area (Å²) in [7, 11) is 0.